The van der Waals surface area contributed by atoms with Crippen molar-refractivity contribution >= 4 is 22.5 Å². The van der Waals surface area contributed by atoms with Crippen molar-refractivity contribution in [3.63, 3.8) is 0 Å². The molecule has 4 aromatic heterocycles. The van der Waals surface area contributed by atoms with Gasteiger partial charge in [0, 0.05) is 11.4 Å². The SMILES string of the molecule is Cc1ccc(Nc2ccc3c(c2)ncn3-c2ccc(OC3COC3)c(-n3nc(C#N)cc3C)n2)nn1. The van der Waals surface area contributed by atoms with Crippen LogP contribution in [-0.4, -0.2) is 53.8 Å². The summed E-state index contributed by atoms with van der Waals surface area (Å²) in [6.07, 6.45) is 1.68. The van der Waals surface area contributed by atoms with Crippen molar-refractivity contribution in [3.05, 3.63) is 71.9 Å². The zero-order valence-corrected chi connectivity index (χ0v) is 19.6. The lowest BCUT2D eigenvalue weighted by Gasteiger charge is -2.27. The number of nitrogens with one attached hydrogen (secondary N) is 1. The van der Waals surface area contributed by atoms with E-state index >= 15 is 0 Å². The maximum absolute atomic E-state index is 9.32. The first-order valence-corrected chi connectivity index (χ1v) is 11.3. The van der Waals surface area contributed by atoms with Crippen molar-refractivity contribution < 1.29 is 9.47 Å². The normalized spacial score (nSPS) is 13.4. The van der Waals surface area contributed by atoms with Gasteiger partial charge in [0.05, 0.1) is 29.9 Å². The zero-order valence-electron chi connectivity index (χ0n) is 19.6. The fourth-order valence-corrected chi connectivity index (χ4v) is 3.90. The molecule has 6 rings (SSSR count). The zero-order chi connectivity index (χ0) is 24.6. The molecule has 0 saturated carbocycles. The molecular weight excluding hydrogens is 458 g/mol. The quantitative estimate of drug-likeness (QED) is 0.389. The average molecular weight is 480 g/mol. The number of benzene rings is 1. The molecule has 1 aliphatic heterocycles. The predicted octanol–water partition coefficient (Wildman–Crippen LogP) is 3.41. The molecule has 0 bridgehead atoms. The maximum Gasteiger partial charge on any atom is 0.198 e. The molecule has 178 valence electrons. The Kier molecular flexibility index (Phi) is 5.28. The van der Waals surface area contributed by atoms with Crippen LogP contribution in [0.2, 0.25) is 0 Å². The molecule has 11 heteroatoms. The van der Waals surface area contributed by atoms with E-state index < -0.39 is 0 Å². The summed E-state index contributed by atoms with van der Waals surface area (Å²) in [5.74, 6) is 2.36. The third-order valence-electron chi connectivity index (χ3n) is 5.79. The molecule has 0 unspecified atom stereocenters. The van der Waals surface area contributed by atoms with Gasteiger partial charge in [-0.15, -0.1) is 5.10 Å². The van der Waals surface area contributed by atoms with Gasteiger partial charge in [-0.25, -0.2) is 14.6 Å². The highest BCUT2D eigenvalue weighted by Crippen LogP contribution is 2.28. The van der Waals surface area contributed by atoms with Crippen LogP contribution in [-0.2, 0) is 4.74 Å². The monoisotopic (exact) mass is 479 g/mol. The summed E-state index contributed by atoms with van der Waals surface area (Å²) in [5.41, 5.74) is 4.46. The molecule has 36 heavy (non-hydrogen) atoms. The van der Waals surface area contributed by atoms with Gasteiger partial charge in [-0.2, -0.15) is 15.5 Å². The third kappa shape index (κ3) is 3.99. The first-order chi connectivity index (χ1) is 17.6. The molecule has 1 aliphatic rings. The minimum absolute atomic E-state index is 0.0408. The molecule has 0 aliphatic carbocycles. The van der Waals surface area contributed by atoms with E-state index in [1.165, 1.54) is 0 Å². The summed E-state index contributed by atoms with van der Waals surface area (Å²) < 4.78 is 14.9. The van der Waals surface area contributed by atoms with Gasteiger partial charge in [-0.1, -0.05) is 0 Å². The molecular formula is C25H21N9O2. The van der Waals surface area contributed by atoms with Crippen molar-refractivity contribution in [3.8, 4) is 23.5 Å². The summed E-state index contributed by atoms with van der Waals surface area (Å²) in [6, 6.07) is 17.2. The molecule has 1 aromatic carbocycles. The number of aromatic nitrogens is 7. The number of pyridine rings is 1. The Morgan fingerprint density at radius 2 is 1.97 bits per heavy atom. The van der Waals surface area contributed by atoms with Crippen LogP contribution >= 0.6 is 0 Å². The van der Waals surface area contributed by atoms with Crippen LogP contribution in [0.25, 0.3) is 22.7 Å². The highest BCUT2D eigenvalue weighted by Gasteiger charge is 2.24. The molecule has 1 saturated heterocycles. The number of nitrogens with zero attached hydrogens (tertiary/aromatic N) is 8. The molecule has 1 N–H and O–H groups in total. The van der Waals surface area contributed by atoms with E-state index in [1.807, 2.05) is 60.9 Å². The number of fused-ring (bicyclic) bond motifs is 1. The lowest BCUT2D eigenvalue weighted by Crippen LogP contribution is -2.38. The van der Waals surface area contributed by atoms with Gasteiger partial charge in [-0.05, 0) is 62.4 Å². The molecule has 5 aromatic rings. The summed E-state index contributed by atoms with van der Waals surface area (Å²) >= 11 is 0. The highest BCUT2D eigenvalue weighted by atomic mass is 16.6. The van der Waals surface area contributed by atoms with E-state index in [0.717, 1.165) is 28.1 Å². The Morgan fingerprint density at radius 3 is 2.69 bits per heavy atom. The van der Waals surface area contributed by atoms with Gasteiger partial charge in [0.25, 0.3) is 0 Å². The van der Waals surface area contributed by atoms with Crippen LogP contribution in [0.4, 0.5) is 11.5 Å². The summed E-state index contributed by atoms with van der Waals surface area (Å²) in [6.45, 7) is 4.82. The Morgan fingerprint density at radius 1 is 1.08 bits per heavy atom. The van der Waals surface area contributed by atoms with Crippen molar-refractivity contribution in [2.24, 2.45) is 0 Å². The van der Waals surface area contributed by atoms with Crippen molar-refractivity contribution in [2.45, 2.75) is 20.0 Å². The molecule has 0 radical (unpaired) electrons. The van der Waals surface area contributed by atoms with Gasteiger partial charge >= 0.3 is 0 Å². The Balaban J connectivity index is 1.37. The van der Waals surface area contributed by atoms with Crippen LogP contribution in [0.3, 0.4) is 0 Å². The van der Waals surface area contributed by atoms with Crippen molar-refractivity contribution in [1.29, 1.82) is 5.26 Å². The second-order valence-electron chi connectivity index (χ2n) is 8.47. The number of ether oxygens (including phenoxy) is 2. The van der Waals surface area contributed by atoms with Crippen LogP contribution in [0.1, 0.15) is 17.1 Å². The standard InChI is InChI=1S/C25H21N9O2/c1-15-3-7-23(31-30-15)28-17-4-5-21-20(10-17)27-14-33(21)24-8-6-22(36-19-12-35-13-19)25(29-24)34-16(2)9-18(11-26)32-34/h3-10,14,19H,12-13H2,1-2H3,(H,28,31). The van der Waals surface area contributed by atoms with Crippen LogP contribution in [0, 0.1) is 25.2 Å². The van der Waals surface area contributed by atoms with Gasteiger partial charge < -0.3 is 14.8 Å². The van der Waals surface area contributed by atoms with Gasteiger partial charge in [0.1, 0.15) is 24.3 Å². The van der Waals surface area contributed by atoms with E-state index in [1.54, 1.807) is 17.1 Å². The first kappa shape index (κ1) is 21.7. The highest BCUT2D eigenvalue weighted by molar-refractivity contribution is 5.82. The minimum atomic E-state index is -0.0408. The number of nitriles is 1. The Bertz CT molecular complexity index is 1610. The fourth-order valence-electron chi connectivity index (χ4n) is 3.90. The Hall–Kier alpha value is -4.82. The van der Waals surface area contributed by atoms with Gasteiger partial charge in [-0.3, -0.25) is 4.57 Å². The average Bonchev–Trinajstić information content (AvgIpc) is 3.46. The smallest absolute Gasteiger partial charge is 0.198 e. The first-order valence-electron chi connectivity index (χ1n) is 11.3. The fraction of sp³-hybridized carbons (Fsp3) is 0.200. The van der Waals surface area contributed by atoms with Gasteiger partial charge in [0.2, 0.25) is 0 Å². The molecule has 0 atom stereocenters. The summed E-state index contributed by atoms with van der Waals surface area (Å²) in [7, 11) is 0. The van der Waals surface area contributed by atoms with Crippen LogP contribution in [0.5, 0.6) is 5.75 Å². The lowest BCUT2D eigenvalue weighted by molar-refractivity contribution is -0.0798. The maximum atomic E-state index is 9.32. The summed E-state index contributed by atoms with van der Waals surface area (Å²) in [4.78, 5) is 9.44. The molecule has 5 heterocycles. The molecule has 0 amide bonds. The van der Waals surface area contributed by atoms with Crippen LogP contribution < -0.4 is 10.1 Å². The second-order valence-corrected chi connectivity index (χ2v) is 8.47. The van der Waals surface area contributed by atoms with Crippen molar-refractivity contribution in [2.75, 3.05) is 18.5 Å². The van der Waals surface area contributed by atoms with E-state index in [9.17, 15) is 5.26 Å². The number of anilines is 2. The predicted molar refractivity (Wildman–Crippen MR) is 131 cm³/mol. The number of aryl methyl sites for hydroxylation is 2. The topological polar surface area (TPSA) is 129 Å². The van der Waals surface area contributed by atoms with E-state index in [0.29, 0.717) is 42.1 Å². The second kappa shape index (κ2) is 8.75. The van der Waals surface area contributed by atoms with Crippen LogP contribution in [0.15, 0.2) is 54.9 Å². The van der Waals surface area contributed by atoms with Gasteiger partial charge in [0.15, 0.2) is 23.1 Å². The largest absolute Gasteiger partial charge is 0.482 e. The third-order valence-corrected chi connectivity index (χ3v) is 5.79. The minimum Gasteiger partial charge on any atom is -0.482 e. The van der Waals surface area contributed by atoms with E-state index in [4.69, 9.17) is 14.5 Å². The van der Waals surface area contributed by atoms with E-state index in [2.05, 4.69) is 31.7 Å². The molecule has 1 fully saturated rings. The number of rotatable bonds is 6. The number of imidazole rings is 1. The molecule has 0 spiro atoms. The van der Waals surface area contributed by atoms with Crippen molar-refractivity contribution in [1.82, 2.24) is 34.5 Å². The van der Waals surface area contributed by atoms with E-state index in [-0.39, 0.29) is 6.10 Å². The summed E-state index contributed by atoms with van der Waals surface area (Å²) in [5, 5.41) is 25.2. The Labute approximate surface area is 206 Å². The number of hydrogen-bond donors (Lipinski definition) is 1. The molecule has 11 nitrogen and oxygen atoms in total. The lowest BCUT2D eigenvalue weighted by atomic mass is 10.2. The number of hydrogen-bond acceptors (Lipinski definition) is 9.